The molecule has 2 fully saturated rings. The summed E-state index contributed by atoms with van der Waals surface area (Å²) in [6, 6.07) is 9.41. The fourth-order valence-electron chi connectivity index (χ4n) is 3.70. The Balaban J connectivity index is 1.74. The molecule has 1 aliphatic carbocycles. The molecule has 0 bridgehead atoms. The minimum absolute atomic E-state index is 0.0587. The summed E-state index contributed by atoms with van der Waals surface area (Å²) in [7, 11) is -3.43. The lowest BCUT2D eigenvalue weighted by Gasteiger charge is -2.24. The smallest absolute Gasteiger partial charge is 0.237 e. The topological polar surface area (TPSA) is 90.3 Å². The molecule has 1 N–H and O–H groups in total. The number of carbonyl (C=O) groups excluding carboxylic acids is 1. The Hall–Kier alpha value is -1.91. The van der Waals surface area contributed by atoms with Crippen molar-refractivity contribution in [1.29, 1.82) is 5.26 Å². The predicted octanol–water partition coefficient (Wildman–Crippen LogP) is 1.07. The second-order valence-corrected chi connectivity index (χ2v) is 8.68. The first-order chi connectivity index (χ1) is 11.0. The zero-order valence-electron chi connectivity index (χ0n) is 12.5. The van der Waals surface area contributed by atoms with Gasteiger partial charge in [-0.25, -0.2) is 8.42 Å². The highest BCUT2D eigenvalue weighted by Gasteiger charge is 2.59. The largest absolute Gasteiger partial charge is 0.325 e. The quantitative estimate of drug-likeness (QED) is 0.897. The summed E-state index contributed by atoms with van der Waals surface area (Å²) in [6.07, 6.45) is 1.90. The number of sulfonamides is 1. The van der Waals surface area contributed by atoms with E-state index >= 15 is 0 Å². The van der Waals surface area contributed by atoms with Crippen molar-refractivity contribution >= 4 is 21.6 Å². The zero-order chi connectivity index (χ0) is 16.2. The average molecular weight is 331 g/mol. The van der Waals surface area contributed by atoms with E-state index in [9.17, 15) is 18.5 Å². The normalized spacial score (nSPS) is 30.2. The van der Waals surface area contributed by atoms with Crippen molar-refractivity contribution in [3.8, 4) is 6.07 Å². The number of nitrogens with zero attached hydrogens (tertiary/aromatic N) is 2. The van der Waals surface area contributed by atoms with E-state index < -0.39 is 21.4 Å². The van der Waals surface area contributed by atoms with Gasteiger partial charge in [-0.1, -0.05) is 18.2 Å². The number of amides is 1. The molecule has 6 nitrogen and oxygen atoms in total. The van der Waals surface area contributed by atoms with Gasteiger partial charge in [-0.05, 0) is 30.4 Å². The maximum absolute atomic E-state index is 12.6. The highest BCUT2D eigenvalue weighted by atomic mass is 32.2. The Morgan fingerprint density at radius 2 is 2.09 bits per heavy atom. The van der Waals surface area contributed by atoms with Gasteiger partial charge in [-0.3, -0.25) is 4.79 Å². The number of rotatable bonds is 3. The molecule has 2 heterocycles. The summed E-state index contributed by atoms with van der Waals surface area (Å²) >= 11 is 0. The molecule has 1 saturated heterocycles. The molecular weight excluding hydrogens is 314 g/mol. The summed E-state index contributed by atoms with van der Waals surface area (Å²) in [4.78, 5) is 12.6. The van der Waals surface area contributed by atoms with Gasteiger partial charge >= 0.3 is 0 Å². The third kappa shape index (κ3) is 2.09. The standard InChI is InChI=1S/C16H17N3O3S/c17-7-12-8-19(23(21,22)9-11-5-6-11)10-16(12)13-3-1-2-4-14(13)18-15(16)20/h1-4,11-12H,5-6,8-10H2,(H,18,20)/t12-,16+/m0/s1. The summed E-state index contributed by atoms with van der Waals surface area (Å²) in [5.41, 5.74) is 0.335. The van der Waals surface area contributed by atoms with Crippen LogP contribution in [0, 0.1) is 23.2 Å². The van der Waals surface area contributed by atoms with Gasteiger partial charge < -0.3 is 5.32 Å². The van der Waals surface area contributed by atoms with Crippen LogP contribution in [-0.2, 0) is 20.2 Å². The number of nitriles is 1. The monoisotopic (exact) mass is 331 g/mol. The summed E-state index contributed by atoms with van der Waals surface area (Å²) in [5.74, 6) is -0.568. The third-order valence-electron chi connectivity index (χ3n) is 5.16. The van der Waals surface area contributed by atoms with Gasteiger partial charge in [0, 0.05) is 18.8 Å². The van der Waals surface area contributed by atoms with Crippen molar-refractivity contribution < 1.29 is 13.2 Å². The first-order valence-corrected chi connectivity index (χ1v) is 9.37. The summed E-state index contributed by atoms with van der Waals surface area (Å²) in [6.45, 7) is 0.149. The average Bonchev–Trinajstić information content (AvgIpc) is 3.15. The molecule has 120 valence electrons. The molecule has 1 amide bonds. The van der Waals surface area contributed by atoms with Gasteiger partial charge in [-0.2, -0.15) is 9.57 Å². The molecule has 1 spiro atoms. The lowest BCUT2D eigenvalue weighted by atomic mass is 9.74. The van der Waals surface area contributed by atoms with Crippen LogP contribution in [0.2, 0.25) is 0 Å². The Kier molecular flexibility index (Phi) is 3.06. The fraction of sp³-hybridized carbons (Fsp3) is 0.500. The summed E-state index contributed by atoms with van der Waals surface area (Å²) in [5, 5.41) is 12.4. The zero-order valence-corrected chi connectivity index (χ0v) is 13.3. The van der Waals surface area contributed by atoms with Gasteiger partial charge in [-0.15, -0.1) is 0 Å². The highest BCUT2D eigenvalue weighted by Crippen LogP contribution is 2.48. The number of hydrogen-bond acceptors (Lipinski definition) is 4. The van der Waals surface area contributed by atoms with E-state index in [2.05, 4.69) is 11.4 Å². The number of carbonyl (C=O) groups is 1. The van der Waals surface area contributed by atoms with Crippen molar-refractivity contribution in [2.45, 2.75) is 18.3 Å². The van der Waals surface area contributed by atoms with Crippen LogP contribution < -0.4 is 5.32 Å². The van der Waals surface area contributed by atoms with Crippen LogP contribution in [0.15, 0.2) is 24.3 Å². The van der Waals surface area contributed by atoms with Gasteiger partial charge in [0.25, 0.3) is 0 Å². The second-order valence-electron chi connectivity index (χ2n) is 6.67. The fourth-order valence-corrected chi connectivity index (χ4v) is 5.62. The maximum Gasteiger partial charge on any atom is 0.237 e. The first kappa shape index (κ1) is 14.7. The molecule has 4 rings (SSSR count). The lowest BCUT2D eigenvalue weighted by Crippen LogP contribution is -2.42. The maximum atomic E-state index is 12.6. The van der Waals surface area contributed by atoms with E-state index in [4.69, 9.17) is 0 Å². The van der Waals surface area contributed by atoms with E-state index in [1.807, 2.05) is 18.2 Å². The molecule has 23 heavy (non-hydrogen) atoms. The molecule has 1 aromatic carbocycles. The van der Waals surface area contributed by atoms with E-state index in [-0.39, 0.29) is 30.7 Å². The molecule has 2 aliphatic heterocycles. The van der Waals surface area contributed by atoms with Crippen molar-refractivity contribution in [2.75, 3.05) is 24.2 Å². The van der Waals surface area contributed by atoms with E-state index in [0.29, 0.717) is 5.69 Å². The van der Waals surface area contributed by atoms with Crippen molar-refractivity contribution in [2.24, 2.45) is 11.8 Å². The number of para-hydroxylation sites is 1. The minimum atomic E-state index is -3.43. The van der Waals surface area contributed by atoms with Gasteiger partial charge in [0.15, 0.2) is 0 Å². The van der Waals surface area contributed by atoms with E-state index in [1.165, 1.54) is 4.31 Å². The molecular formula is C16H17N3O3S. The number of hydrogen-bond donors (Lipinski definition) is 1. The molecule has 7 heteroatoms. The van der Waals surface area contributed by atoms with Crippen molar-refractivity contribution in [3.63, 3.8) is 0 Å². The molecule has 0 aromatic heterocycles. The Bertz CT molecular complexity index is 825. The number of fused-ring (bicyclic) bond motifs is 2. The van der Waals surface area contributed by atoms with Crippen LogP contribution in [0.1, 0.15) is 18.4 Å². The van der Waals surface area contributed by atoms with Gasteiger partial charge in [0.05, 0.1) is 17.7 Å². The molecule has 0 radical (unpaired) electrons. The Morgan fingerprint density at radius 1 is 1.35 bits per heavy atom. The molecule has 3 aliphatic rings. The summed E-state index contributed by atoms with van der Waals surface area (Å²) < 4.78 is 26.5. The first-order valence-electron chi connectivity index (χ1n) is 7.76. The minimum Gasteiger partial charge on any atom is -0.325 e. The molecule has 1 aromatic rings. The second kappa shape index (κ2) is 4.79. The van der Waals surface area contributed by atoms with E-state index in [1.54, 1.807) is 6.07 Å². The van der Waals surface area contributed by atoms with Crippen LogP contribution in [0.4, 0.5) is 5.69 Å². The van der Waals surface area contributed by atoms with Gasteiger partial charge in [0.2, 0.25) is 15.9 Å². The van der Waals surface area contributed by atoms with Crippen LogP contribution in [0.25, 0.3) is 0 Å². The van der Waals surface area contributed by atoms with Crippen molar-refractivity contribution in [3.05, 3.63) is 29.8 Å². The third-order valence-corrected chi connectivity index (χ3v) is 7.12. The van der Waals surface area contributed by atoms with Crippen LogP contribution in [-0.4, -0.2) is 37.5 Å². The number of nitrogens with one attached hydrogen (secondary N) is 1. The van der Waals surface area contributed by atoms with Crippen LogP contribution in [0.5, 0.6) is 0 Å². The SMILES string of the molecule is N#C[C@H]1CN(S(=O)(=O)CC2CC2)C[C@@]12C(=O)Nc1ccccc12. The molecule has 2 atom stereocenters. The Morgan fingerprint density at radius 3 is 2.78 bits per heavy atom. The predicted molar refractivity (Wildman–Crippen MR) is 83.9 cm³/mol. The number of benzene rings is 1. The molecule has 0 unspecified atom stereocenters. The van der Waals surface area contributed by atoms with Crippen molar-refractivity contribution in [1.82, 2.24) is 4.31 Å². The van der Waals surface area contributed by atoms with Crippen LogP contribution in [0.3, 0.4) is 0 Å². The number of anilines is 1. The highest BCUT2D eigenvalue weighted by molar-refractivity contribution is 7.89. The van der Waals surface area contributed by atoms with Gasteiger partial charge in [0.1, 0.15) is 5.41 Å². The van der Waals surface area contributed by atoms with E-state index in [0.717, 1.165) is 18.4 Å². The lowest BCUT2D eigenvalue weighted by molar-refractivity contribution is -0.121. The Labute approximate surface area is 135 Å². The van der Waals surface area contributed by atoms with Crippen LogP contribution >= 0.6 is 0 Å². The molecule has 1 saturated carbocycles.